The van der Waals surface area contributed by atoms with Crippen LogP contribution in [-0.2, 0) is 15.2 Å². The number of carboxylic acids is 1. The Morgan fingerprint density at radius 3 is 2.32 bits per heavy atom. The smallest absolute Gasteiger partial charge is 0.475 e. The molecule has 0 unspecified atom stereocenters. The highest BCUT2D eigenvalue weighted by molar-refractivity contribution is 6.27. The molecule has 0 radical (unpaired) electrons. The Labute approximate surface area is 147 Å². The minimum atomic E-state index is -5.08. The first kappa shape index (κ1) is 21.2. The van der Waals surface area contributed by atoms with Crippen LogP contribution in [0, 0.1) is 0 Å². The zero-order chi connectivity index (χ0) is 19.1. The number of carbonyl (C=O) groups excluding carboxylic acids is 1. The molecule has 1 saturated carbocycles. The van der Waals surface area contributed by atoms with Crippen molar-refractivity contribution in [3.8, 4) is 0 Å². The quantitative estimate of drug-likeness (QED) is 0.696. The second-order valence-corrected chi connectivity index (χ2v) is 5.82. The van der Waals surface area contributed by atoms with Crippen LogP contribution in [0.2, 0.25) is 0 Å². The van der Waals surface area contributed by atoms with Crippen molar-refractivity contribution >= 4 is 23.5 Å². The van der Waals surface area contributed by atoms with Gasteiger partial charge in [-0.05, 0) is 31.7 Å². The van der Waals surface area contributed by atoms with Crippen molar-refractivity contribution < 1.29 is 33.0 Å². The number of nitrogens with zero attached hydrogens (tertiary/aromatic N) is 1. The van der Waals surface area contributed by atoms with Crippen LogP contribution in [0.15, 0.2) is 24.5 Å². The fraction of sp³-hybridized carbons (Fsp3) is 0.533. The van der Waals surface area contributed by atoms with Crippen molar-refractivity contribution in [1.82, 2.24) is 10.3 Å². The molecule has 0 atom stereocenters. The van der Waals surface area contributed by atoms with E-state index in [2.05, 4.69) is 10.3 Å². The fourth-order valence-corrected chi connectivity index (χ4v) is 2.51. The molecule has 0 bridgehead atoms. The van der Waals surface area contributed by atoms with Gasteiger partial charge in [0.1, 0.15) is 5.88 Å². The van der Waals surface area contributed by atoms with Crippen molar-refractivity contribution in [3.05, 3.63) is 30.1 Å². The molecule has 0 spiro atoms. The molecule has 1 aromatic rings. The van der Waals surface area contributed by atoms with Crippen molar-refractivity contribution in [3.63, 3.8) is 0 Å². The third kappa shape index (κ3) is 6.87. The van der Waals surface area contributed by atoms with Crippen LogP contribution in [0.5, 0.6) is 0 Å². The molecule has 25 heavy (non-hydrogen) atoms. The van der Waals surface area contributed by atoms with E-state index in [1.54, 1.807) is 12.4 Å². The Kier molecular flexibility index (Phi) is 7.62. The highest BCUT2D eigenvalue weighted by Crippen LogP contribution is 2.36. The highest BCUT2D eigenvalue weighted by Gasteiger charge is 2.38. The second-order valence-electron chi connectivity index (χ2n) is 5.55. The van der Waals surface area contributed by atoms with Crippen LogP contribution in [0.1, 0.15) is 31.2 Å². The Balaban J connectivity index is 0.000000381. The molecule has 140 valence electrons. The van der Waals surface area contributed by atoms with Crippen molar-refractivity contribution in [2.45, 2.75) is 43.5 Å². The molecule has 1 amide bonds. The summed E-state index contributed by atoms with van der Waals surface area (Å²) in [5.41, 5.74) is 0.0447. The summed E-state index contributed by atoms with van der Waals surface area (Å²) in [7, 11) is 0. The SMILES string of the molecule is O=C(CCl)NC1CCC(O)(c2cccnc2)CC1.O=C(O)C(F)(F)F. The molecular weight excluding hydrogens is 365 g/mol. The van der Waals surface area contributed by atoms with Gasteiger partial charge in [0.2, 0.25) is 5.91 Å². The third-order valence-corrected chi connectivity index (χ3v) is 3.98. The lowest BCUT2D eigenvalue weighted by Crippen LogP contribution is -2.42. The molecule has 1 fully saturated rings. The first-order valence-corrected chi connectivity index (χ1v) is 7.90. The number of aliphatic carboxylic acids is 1. The second kappa shape index (κ2) is 9.00. The lowest BCUT2D eigenvalue weighted by Gasteiger charge is -2.36. The van der Waals surface area contributed by atoms with Gasteiger partial charge in [-0.15, -0.1) is 11.6 Å². The molecule has 0 aliphatic heterocycles. The summed E-state index contributed by atoms with van der Waals surface area (Å²) in [5.74, 6) is -2.91. The number of carbonyl (C=O) groups is 2. The van der Waals surface area contributed by atoms with Crippen LogP contribution < -0.4 is 5.32 Å². The van der Waals surface area contributed by atoms with E-state index < -0.39 is 17.7 Å². The van der Waals surface area contributed by atoms with Gasteiger partial charge >= 0.3 is 12.1 Å². The van der Waals surface area contributed by atoms with Crippen LogP contribution >= 0.6 is 11.6 Å². The predicted molar refractivity (Wildman–Crippen MR) is 82.9 cm³/mol. The van der Waals surface area contributed by atoms with E-state index in [1.807, 2.05) is 12.1 Å². The van der Waals surface area contributed by atoms with Gasteiger partial charge in [-0.3, -0.25) is 9.78 Å². The molecule has 1 heterocycles. The summed E-state index contributed by atoms with van der Waals surface area (Å²) in [6, 6.07) is 3.84. The number of alkyl halides is 4. The maximum absolute atomic E-state index is 11.2. The Hall–Kier alpha value is -1.87. The van der Waals surface area contributed by atoms with E-state index in [-0.39, 0.29) is 17.8 Å². The van der Waals surface area contributed by atoms with Gasteiger partial charge in [-0.1, -0.05) is 6.07 Å². The number of rotatable bonds is 3. The lowest BCUT2D eigenvalue weighted by atomic mass is 9.78. The molecule has 1 aromatic heterocycles. The minimum Gasteiger partial charge on any atom is -0.475 e. The van der Waals surface area contributed by atoms with Gasteiger partial charge in [-0.25, -0.2) is 4.79 Å². The summed E-state index contributed by atoms with van der Waals surface area (Å²) < 4.78 is 31.7. The minimum absolute atomic E-state index is 0.0105. The summed E-state index contributed by atoms with van der Waals surface area (Å²) in [6.07, 6.45) is 1.09. The zero-order valence-corrected chi connectivity index (χ0v) is 13.8. The number of nitrogens with one attached hydrogen (secondary N) is 1. The van der Waals surface area contributed by atoms with Crippen LogP contribution in [-0.4, -0.2) is 45.2 Å². The topological polar surface area (TPSA) is 99.5 Å². The van der Waals surface area contributed by atoms with Crippen molar-refractivity contribution in [1.29, 1.82) is 0 Å². The van der Waals surface area contributed by atoms with Gasteiger partial charge in [0.25, 0.3) is 0 Å². The number of aromatic nitrogens is 1. The van der Waals surface area contributed by atoms with E-state index in [0.717, 1.165) is 18.4 Å². The summed E-state index contributed by atoms with van der Waals surface area (Å²) in [5, 5.41) is 20.6. The highest BCUT2D eigenvalue weighted by atomic mass is 35.5. The molecule has 0 saturated heterocycles. The van der Waals surface area contributed by atoms with E-state index in [9.17, 15) is 23.1 Å². The van der Waals surface area contributed by atoms with Crippen LogP contribution in [0.3, 0.4) is 0 Å². The van der Waals surface area contributed by atoms with E-state index in [4.69, 9.17) is 21.5 Å². The maximum Gasteiger partial charge on any atom is 0.490 e. The van der Waals surface area contributed by atoms with Crippen molar-refractivity contribution in [2.75, 3.05) is 5.88 Å². The first-order chi connectivity index (χ1) is 11.6. The Morgan fingerprint density at radius 1 is 1.36 bits per heavy atom. The van der Waals surface area contributed by atoms with E-state index in [1.165, 1.54) is 0 Å². The number of carboxylic acid groups (broad SMARTS) is 1. The fourth-order valence-electron chi connectivity index (χ4n) is 2.43. The molecular formula is C15H18ClF3N2O4. The normalized spacial score (nSPS) is 23.2. The maximum atomic E-state index is 11.2. The lowest BCUT2D eigenvalue weighted by molar-refractivity contribution is -0.192. The van der Waals surface area contributed by atoms with Gasteiger partial charge < -0.3 is 15.5 Å². The Bertz CT molecular complexity index is 576. The Morgan fingerprint density at radius 2 is 1.92 bits per heavy atom. The molecule has 6 nitrogen and oxygen atoms in total. The molecule has 1 aliphatic carbocycles. The van der Waals surface area contributed by atoms with Gasteiger partial charge in [-0.2, -0.15) is 13.2 Å². The predicted octanol–water partition coefficient (Wildman–Crippen LogP) is 2.20. The molecule has 3 N–H and O–H groups in total. The van der Waals surface area contributed by atoms with Crippen LogP contribution in [0.25, 0.3) is 0 Å². The third-order valence-electron chi connectivity index (χ3n) is 3.74. The zero-order valence-electron chi connectivity index (χ0n) is 13.1. The first-order valence-electron chi connectivity index (χ1n) is 7.37. The van der Waals surface area contributed by atoms with Gasteiger partial charge in [0.05, 0.1) is 5.60 Å². The van der Waals surface area contributed by atoms with Crippen molar-refractivity contribution in [2.24, 2.45) is 0 Å². The molecule has 2 rings (SSSR count). The van der Waals surface area contributed by atoms with Gasteiger partial charge in [0.15, 0.2) is 0 Å². The molecule has 1 aliphatic rings. The summed E-state index contributed by atoms with van der Waals surface area (Å²) in [6.45, 7) is 0. The number of hydrogen-bond donors (Lipinski definition) is 3. The monoisotopic (exact) mass is 382 g/mol. The molecule has 0 aromatic carbocycles. The number of aliphatic hydroxyl groups is 1. The summed E-state index contributed by atoms with van der Waals surface area (Å²) >= 11 is 5.45. The largest absolute Gasteiger partial charge is 0.490 e. The number of pyridine rings is 1. The van der Waals surface area contributed by atoms with Crippen LogP contribution in [0.4, 0.5) is 13.2 Å². The average molecular weight is 383 g/mol. The number of halogens is 4. The average Bonchev–Trinajstić information content (AvgIpc) is 2.57. The van der Waals surface area contributed by atoms with E-state index in [0.29, 0.717) is 12.8 Å². The number of amides is 1. The van der Waals surface area contributed by atoms with Gasteiger partial charge in [0, 0.05) is 24.0 Å². The number of hydrogen-bond acceptors (Lipinski definition) is 4. The van der Waals surface area contributed by atoms with E-state index >= 15 is 0 Å². The summed E-state index contributed by atoms with van der Waals surface area (Å²) in [4.78, 5) is 24.1. The standard InChI is InChI=1S/C13H17ClN2O2.C2HF3O2/c14-8-12(17)16-11-3-5-13(18,6-4-11)10-2-1-7-15-9-10;3-2(4,5)1(6)7/h1-2,7,9,11,18H,3-6,8H2,(H,16,17);(H,6,7). The molecule has 10 heteroatoms.